The number of primary sulfonamides is 1. The molecule has 2 rings (SSSR count). The molecule has 0 bridgehead atoms. The predicted octanol–water partition coefficient (Wildman–Crippen LogP) is 1.26. The van der Waals surface area contributed by atoms with Crippen LogP contribution in [0.25, 0.3) is 11.1 Å². The third-order valence-corrected chi connectivity index (χ3v) is 4.74. The van der Waals surface area contributed by atoms with Crippen LogP contribution in [-0.2, 0) is 20.1 Å². The molecular weight excluding hydrogens is 347 g/mol. The minimum Gasteiger partial charge on any atom is -0.282 e. The number of nitrogens with two attached hydrogens (primary N) is 1. The quantitative estimate of drug-likeness (QED) is 0.794. The molecule has 0 saturated heterocycles. The zero-order chi connectivity index (χ0) is 17.4. The van der Waals surface area contributed by atoms with Crippen molar-refractivity contribution >= 4 is 20.1 Å². The Labute approximate surface area is 131 Å². The lowest BCUT2D eigenvalue weighted by atomic mass is 10.0. The van der Waals surface area contributed by atoms with Gasteiger partial charge in [0.05, 0.1) is 16.5 Å². The van der Waals surface area contributed by atoms with Crippen molar-refractivity contribution in [2.45, 2.75) is 9.79 Å². The van der Waals surface area contributed by atoms with E-state index in [2.05, 4.69) is 0 Å². The third kappa shape index (κ3) is 3.54. The molecule has 10 heteroatoms. The van der Waals surface area contributed by atoms with Gasteiger partial charge in [-0.2, -0.15) is 13.7 Å². The maximum atomic E-state index is 13.6. The molecule has 3 N–H and O–H groups in total. The number of hydrogen-bond acceptors (Lipinski definition) is 5. The molecule has 0 radical (unpaired) electrons. The van der Waals surface area contributed by atoms with E-state index in [1.54, 1.807) is 6.07 Å². The van der Waals surface area contributed by atoms with Gasteiger partial charge in [-0.25, -0.2) is 17.9 Å². The van der Waals surface area contributed by atoms with Crippen molar-refractivity contribution in [1.82, 2.24) is 0 Å². The minimum atomic E-state index is -4.82. The first-order valence-electron chi connectivity index (χ1n) is 5.88. The first-order chi connectivity index (χ1) is 10.5. The molecule has 0 aliphatic carbocycles. The maximum Gasteiger partial charge on any atom is 0.295 e. The maximum absolute atomic E-state index is 13.6. The average molecular weight is 356 g/mol. The monoisotopic (exact) mass is 356 g/mol. The normalized spacial score (nSPS) is 11.9. The van der Waals surface area contributed by atoms with E-state index < -0.39 is 41.3 Å². The molecular formula is C13H9FN2O5S2. The molecule has 0 fully saturated rings. The van der Waals surface area contributed by atoms with E-state index in [0.29, 0.717) is 0 Å². The second-order valence-electron chi connectivity index (χ2n) is 4.49. The molecule has 0 amide bonds. The van der Waals surface area contributed by atoms with Gasteiger partial charge in [0.2, 0.25) is 10.0 Å². The first kappa shape index (κ1) is 17.0. The van der Waals surface area contributed by atoms with Gasteiger partial charge in [-0.15, -0.1) is 0 Å². The molecule has 0 heterocycles. The summed E-state index contributed by atoms with van der Waals surface area (Å²) in [5.74, 6) is -0.885. The lowest BCUT2D eigenvalue weighted by Gasteiger charge is -2.12. The van der Waals surface area contributed by atoms with Crippen LogP contribution in [0.1, 0.15) is 5.56 Å². The van der Waals surface area contributed by atoms with Crippen molar-refractivity contribution in [2.75, 3.05) is 0 Å². The average Bonchev–Trinajstić information content (AvgIpc) is 2.43. The smallest absolute Gasteiger partial charge is 0.282 e. The van der Waals surface area contributed by atoms with E-state index in [0.717, 1.165) is 36.4 Å². The summed E-state index contributed by atoms with van der Waals surface area (Å²) in [6.07, 6.45) is 0. The SMILES string of the molecule is N#Cc1cc(F)cc(-c2c(S(N)(=O)=O)cccc2S(=O)(=O)O)c1. The molecule has 23 heavy (non-hydrogen) atoms. The van der Waals surface area contributed by atoms with E-state index in [1.807, 2.05) is 0 Å². The fourth-order valence-corrected chi connectivity index (χ4v) is 3.63. The first-order valence-corrected chi connectivity index (χ1v) is 8.87. The second-order valence-corrected chi connectivity index (χ2v) is 7.41. The van der Waals surface area contributed by atoms with Crippen LogP contribution in [0.2, 0.25) is 0 Å². The number of rotatable bonds is 3. The van der Waals surface area contributed by atoms with Crippen LogP contribution in [0.15, 0.2) is 46.2 Å². The summed E-state index contributed by atoms with van der Waals surface area (Å²) in [6.45, 7) is 0. The van der Waals surface area contributed by atoms with Gasteiger partial charge in [0, 0.05) is 5.56 Å². The Morgan fingerprint density at radius 1 is 1.09 bits per heavy atom. The molecule has 0 aliphatic rings. The number of halogens is 1. The van der Waals surface area contributed by atoms with Gasteiger partial charge < -0.3 is 0 Å². The molecule has 7 nitrogen and oxygen atoms in total. The van der Waals surface area contributed by atoms with E-state index in [4.69, 9.17) is 10.4 Å². The molecule has 2 aromatic rings. The third-order valence-electron chi connectivity index (χ3n) is 2.89. The van der Waals surface area contributed by atoms with E-state index in [-0.39, 0.29) is 11.1 Å². The lowest BCUT2D eigenvalue weighted by Crippen LogP contribution is -2.15. The van der Waals surface area contributed by atoms with Gasteiger partial charge in [0.1, 0.15) is 10.7 Å². The molecule has 0 unspecified atom stereocenters. The van der Waals surface area contributed by atoms with Crippen LogP contribution in [0.5, 0.6) is 0 Å². The highest BCUT2D eigenvalue weighted by Gasteiger charge is 2.25. The van der Waals surface area contributed by atoms with Gasteiger partial charge in [-0.3, -0.25) is 4.55 Å². The summed E-state index contributed by atoms with van der Waals surface area (Å²) < 4.78 is 69.3. The summed E-state index contributed by atoms with van der Waals surface area (Å²) in [5, 5.41) is 13.9. The van der Waals surface area contributed by atoms with Crippen LogP contribution >= 0.6 is 0 Å². The van der Waals surface area contributed by atoms with Crippen molar-refractivity contribution in [1.29, 1.82) is 5.26 Å². The number of hydrogen-bond donors (Lipinski definition) is 2. The van der Waals surface area contributed by atoms with Gasteiger partial charge in [0.15, 0.2) is 0 Å². The van der Waals surface area contributed by atoms with Crippen molar-refractivity contribution in [3.8, 4) is 17.2 Å². The number of sulfonamides is 1. The number of nitrogens with zero attached hydrogens (tertiary/aromatic N) is 1. The van der Waals surface area contributed by atoms with E-state index in [9.17, 15) is 25.8 Å². The molecule has 2 aromatic carbocycles. The molecule has 0 spiro atoms. The fourth-order valence-electron chi connectivity index (χ4n) is 2.05. The molecule has 120 valence electrons. The molecule has 0 aliphatic heterocycles. The number of nitriles is 1. The van der Waals surface area contributed by atoms with Gasteiger partial charge in [0.25, 0.3) is 10.1 Å². The zero-order valence-corrected chi connectivity index (χ0v) is 12.9. The van der Waals surface area contributed by atoms with Gasteiger partial charge >= 0.3 is 0 Å². The predicted molar refractivity (Wildman–Crippen MR) is 77.7 cm³/mol. The van der Waals surface area contributed by atoms with Crippen LogP contribution in [0, 0.1) is 17.1 Å². The molecule has 0 saturated carbocycles. The Hall–Kier alpha value is -2.32. The van der Waals surface area contributed by atoms with Crippen molar-refractivity contribution in [3.05, 3.63) is 47.8 Å². The Balaban J connectivity index is 3.01. The minimum absolute atomic E-state index is 0.162. The van der Waals surface area contributed by atoms with E-state index >= 15 is 0 Å². The van der Waals surface area contributed by atoms with Gasteiger partial charge in [-0.1, -0.05) is 6.07 Å². The second kappa shape index (κ2) is 5.71. The Morgan fingerprint density at radius 3 is 2.22 bits per heavy atom. The van der Waals surface area contributed by atoms with Crippen LogP contribution in [-0.4, -0.2) is 21.4 Å². The topological polar surface area (TPSA) is 138 Å². The highest BCUT2D eigenvalue weighted by atomic mass is 32.2. The molecule has 0 aromatic heterocycles. The van der Waals surface area contributed by atoms with Crippen LogP contribution < -0.4 is 5.14 Å². The Morgan fingerprint density at radius 2 is 1.70 bits per heavy atom. The highest BCUT2D eigenvalue weighted by Crippen LogP contribution is 2.34. The van der Waals surface area contributed by atoms with Crippen molar-refractivity contribution in [2.24, 2.45) is 5.14 Å². The summed E-state index contributed by atoms with van der Waals surface area (Å²) >= 11 is 0. The largest absolute Gasteiger partial charge is 0.295 e. The molecule has 0 atom stereocenters. The lowest BCUT2D eigenvalue weighted by molar-refractivity contribution is 0.483. The van der Waals surface area contributed by atoms with Crippen LogP contribution in [0.3, 0.4) is 0 Å². The summed E-state index contributed by atoms with van der Waals surface area (Å²) in [5.41, 5.74) is -0.891. The summed E-state index contributed by atoms with van der Waals surface area (Å²) in [6, 6.07) is 7.48. The van der Waals surface area contributed by atoms with Crippen molar-refractivity contribution < 1.29 is 25.8 Å². The number of benzene rings is 2. The fraction of sp³-hybridized carbons (Fsp3) is 0. The van der Waals surface area contributed by atoms with E-state index in [1.165, 1.54) is 0 Å². The summed E-state index contributed by atoms with van der Waals surface area (Å²) in [4.78, 5) is -1.39. The summed E-state index contributed by atoms with van der Waals surface area (Å²) in [7, 11) is -9.20. The van der Waals surface area contributed by atoms with Crippen LogP contribution in [0.4, 0.5) is 4.39 Å². The Kier molecular flexibility index (Phi) is 4.23. The van der Waals surface area contributed by atoms with Gasteiger partial charge in [-0.05, 0) is 35.9 Å². The zero-order valence-electron chi connectivity index (χ0n) is 11.3. The van der Waals surface area contributed by atoms with Crippen molar-refractivity contribution in [3.63, 3.8) is 0 Å². The Bertz CT molecular complexity index is 990. The highest BCUT2D eigenvalue weighted by molar-refractivity contribution is 7.89. The standard InChI is InChI=1S/C13H9FN2O5S2/c14-10-5-8(7-15)4-9(6-10)13-11(22(16,17)18)2-1-3-12(13)23(19,20)21/h1-6H,(H2,16,17,18)(H,19,20,21).